The quantitative estimate of drug-likeness (QED) is 0.856. The van der Waals surface area contributed by atoms with Gasteiger partial charge in [0, 0.05) is 22.7 Å². The number of benzene rings is 1. The normalized spacial score (nSPS) is 23.1. The first-order chi connectivity index (χ1) is 9.22. The molecule has 0 aromatic heterocycles. The fourth-order valence-corrected chi connectivity index (χ4v) is 3.55. The largest absolute Gasteiger partial charge is 0.349 e. The van der Waals surface area contributed by atoms with Gasteiger partial charge in [-0.3, -0.25) is 4.79 Å². The Labute approximate surface area is 124 Å². The van der Waals surface area contributed by atoms with Gasteiger partial charge in [-0.05, 0) is 43.2 Å². The van der Waals surface area contributed by atoms with Gasteiger partial charge in [-0.2, -0.15) is 11.8 Å². The van der Waals surface area contributed by atoms with Crippen molar-refractivity contribution in [3.05, 3.63) is 35.4 Å². The van der Waals surface area contributed by atoms with Crippen molar-refractivity contribution in [1.82, 2.24) is 5.32 Å². The minimum atomic E-state index is 0.0266. The van der Waals surface area contributed by atoms with Crippen LogP contribution in [0.4, 0.5) is 0 Å². The zero-order valence-corrected chi connectivity index (χ0v) is 12.8. The maximum Gasteiger partial charge on any atom is 0.251 e. The Balaban J connectivity index is 1.96. The molecule has 0 heterocycles. The highest BCUT2D eigenvalue weighted by molar-refractivity contribution is 7.99. The molecule has 1 N–H and O–H groups in total. The predicted molar refractivity (Wildman–Crippen MR) is 83.0 cm³/mol. The van der Waals surface area contributed by atoms with E-state index >= 15 is 0 Å². The van der Waals surface area contributed by atoms with Gasteiger partial charge in [-0.15, -0.1) is 11.6 Å². The number of nitrogens with one attached hydrogen (secondary N) is 1. The van der Waals surface area contributed by atoms with Crippen LogP contribution in [0.2, 0.25) is 0 Å². The molecule has 0 radical (unpaired) electrons. The minimum Gasteiger partial charge on any atom is -0.349 e. The van der Waals surface area contributed by atoms with Gasteiger partial charge in [0.25, 0.3) is 5.91 Å². The van der Waals surface area contributed by atoms with Gasteiger partial charge in [0.05, 0.1) is 0 Å². The zero-order valence-electron chi connectivity index (χ0n) is 11.2. The van der Waals surface area contributed by atoms with Crippen molar-refractivity contribution in [2.75, 3.05) is 6.26 Å². The van der Waals surface area contributed by atoms with E-state index in [0.29, 0.717) is 22.7 Å². The number of hydrogen-bond donors (Lipinski definition) is 1. The summed E-state index contributed by atoms with van der Waals surface area (Å²) in [4.78, 5) is 12.2. The molecule has 0 aliphatic heterocycles. The van der Waals surface area contributed by atoms with Gasteiger partial charge < -0.3 is 5.32 Å². The molecule has 0 bridgehead atoms. The number of rotatable bonds is 4. The Kier molecular flexibility index (Phi) is 5.59. The number of thioether (sulfide) groups is 1. The highest BCUT2D eigenvalue weighted by Gasteiger charge is 2.22. The van der Waals surface area contributed by atoms with Crippen LogP contribution < -0.4 is 5.32 Å². The van der Waals surface area contributed by atoms with Crippen LogP contribution in [-0.2, 0) is 5.88 Å². The van der Waals surface area contributed by atoms with Gasteiger partial charge >= 0.3 is 0 Å². The lowest BCUT2D eigenvalue weighted by molar-refractivity contribution is 0.0928. The van der Waals surface area contributed by atoms with Crippen LogP contribution in [0.5, 0.6) is 0 Å². The molecule has 1 aliphatic carbocycles. The molecule has 1 fully saturated rings. The molecule has 1 saturated carbocycles. The molecule has 1 amide bonds. The van der Waals surface area contributed by atoms with E-state index in [4.69, 9.17) is 11.6 Å². The van der Waals surface area contributed by atoms with Crippen LogP contribution in [0.25, 0.3) is 0 Å². The summed E-state index contributed by atoms with van der Waals surface area (Å²) in [5, 5.41) is 3.84. The molecule has 2 unspecified atom stereocenters. The number of carbonyl (C=O) groups excluding carboxylic acids is 1. The van der Waals surface area contributed by atoms with Crippen molar-refractivity contribution in [2.45, 2.75) is 42.9 Å². The molecule has 104 valence electrons. The molecular weight excluding hydrogens is 278 g/mol. The summed E-state index contributed by atoms with van der Waals surface area (Å²) in [6.45, 7) is 0. The van der Waals surface area contributed by atoms with E-state index in [1.54, 1.807) is 0 Å². The van der Waals surface area contributed by atoms with Gasteiger partial charge in [-0.25, -0.2) is 0 Å². The van der Waals surface area contributed by atoms with Crippen molar-refractivity contribution in [3.8, 4) is 0 Å². The van der Waals surface area contributed by atoms with Crippen LogP contribution in [0, 0.1) is 0 Å². The summed E-state index contributed by atoms with van der Waals surface area (Å²) in [5.41, 5.74) is 1.70. The number of halogens is 1. The van der Waals surface area contributed by atoms with Crippen molar-refractivity contribution < 1.29 is 4.79 Å². The van der Waals surface area contributed by atoms with E-state index in [9.17, 15) is 4.79 Å². The highest BCUT2D eigenvalue weighted by Crippen LogP contribution is 2.27. The van der Waals surface area contributed by atoms with E-state index in [-0.39, 0.29) is 5.91 Å². The lowest BCUT2D eigenvalue weighted by atomic mass is 9.94. The first kappa shape index (κ1) is 14.7. The van der Waals surface area contributed by atoms with E-state index in [1.807, 2.05) is 36.0 Å². The zero-order chi connectivity index (χ0) is 13.7. The van der Waals surface area contributed by atoms with Crippen molar-refractivity contribution >= 4 is 29.3 Å². The van der Waals surface area contributed by atoms with E-state index in [0.717, 1.165) is 18.4 Å². The van der Waals surface area contributed by atoms with Gasteiger partial charge in [0.2, 0.25) is 0 Å². The summed E-state index contributed by atoms with van der Waals surface area (Å²) >= 11 is 7.71. The lowest BCUT2D eigenvalue weighted by Gasteiger charge is -2.28. The maximum absolute atomic E-state index is 12.2. The third kappa shape index (κ3) is 4.15. The molecule has 19 heavy (non-hydrogen) atoms. The molecule has 1 aliphatic rings. The number of alkyl halides is 1. The second-order valence-corrected chi connectivity index (χ2v) is 6.43. The Bertz CT molecular complexity index is 438. The van der Waals surface area contributed by atoms with Crippen LogP contribution in [0.15, 0.2) is 24.3 Å². The Morgan fingerprint density at radius 1 is 1.47 bits per heavy atom. The SMILES string of the molecule is CSC1CCCC(NC(=O)c2cccc(CCl)c2)C1. The number of hydrogen-bond acceptors (Lipinski definition) is 2. The van der Waals surface area contributed by atoms with E-state index in [2.05, 4.69) is 11.6 Å². The summed E-state index contributed by atoms with van der Waals surface area (Å²) < 4.78 is 0. The lowest BCUT2D eigenvalue weighted by Crippen LogP contribution is -2.39. The molecule has 2 nitrogen and oxygen atoms in total. The molecule has 2 rings (SSSR count). The fraction of sp³-hybridized carbons (Fsp3) is 0.533. The second-order valence-electron chi connectivity index (χ2n) is 5.03. The molecule has 2 atom stereocenters. The van der Waals surface area contributed by atoms with Crippen LogP contribution in [-0.4, -0.2) is 23.5 Å². The van der Waals surface area contributed by atoms with Gasteiger partial charge in [-0.1, -0.05) is 18.6 Å². The van der Waals surface area contributed by atoms with E-state index < -0.39 is 0 Å². The average molecular weight is 298 g/mol. The average Bonchev–Trinajstić information content (AvgIpc) is 2.47. The number of carbonyl (C=O) groups is 1. The van der Waals surface area contributed by atoms with E-state index in [1.165, 1.54) is 12.8 Å². The van der Waals surface area contributed by atoms with Crippen LogP contribution >= 0.6 is 23.4 Å². The summed E-state index contributed by atoms with van der Waals surface area (Å²) in [6, 6.07) is 7.86. The molecule has 0 saturated heterocycles. The van der Waals surface area contributed by atoms with Gasteiger partial charge in [0.1, 0.15) is 0 Å². The summed E-state index contributed by atoms with van der Waals surface area (Å²) in [5.74, 6) is 0.470. The summed E-state index contributed by atoms with van der Waals surface area (Å²) in [7, 11) is 0. The van der Waals surface area contributed by atoms with Crippen molar-refractivity contribution in [3.63, 3.8) is 0 Å². The molecule has 1 aromatic rings. The monoisotopic (exact) mass is 297 g/mol. The Morgan fingerprint density at radius 2 is 2.32 bits per heavy atom. The van der Waals surface area contributed by atoms with Gasteiger partial charge in [0.15, 0.2) is 0 Å². The molecule has 1 aromatic carbocycles. The molecule has 4 heteroatoms. The standard InChI is InChI=1S/C15H20ClNOS/c1-19-14-7-3-6-13(9-14)17-15(18)12-5-2-4-11(8-12)10-16/h2,4-5,8,13-14H,3,6-7,9-10H2,1H3,(H,17,18). The van der Waals surface area contributed by atoms with Crippen molar-refractivity contribution in [1.29, 1.82) is 0 Å². The van der Waals surface area contributed by atoms with Crippen LogP contribution in [0.3, 0.4) is 0 Å². The third-order valence-electron chi connectivity index (χ3n) is 3.64. The number of amides is 1. The third-order valence-corrected chi connectivity index (χ3v) is 5.04. The summed E-state index contributed by atoms with van der Waals surface area (Å²) in [6.07, 6.45) is 6.81. The smallest absolute Gasteiger partial charge is 0.251 e. The van der Waals surface area contributed by atoms with Crippen LogP contribution in [0.1, 0.15) is 41.6 Å². The topological polar surface area (TPSA) is 29.1 Å². The first-order valence-corrected chi connectivity index (χ1v) is 8.53. The Hall–Kier alpha value is -0.670. The van der Waals surface area contributed by atoms with Crippen molar-refractivity contribution in [2.24, 2.45) is 0 Å². The maximum atomic E-state index is 12.2. The Morgan fingerprint density at radius 3 is 3.05 bits per heavy atom. The fourth-order valence-electron chi connectivity index (χ4n) is 2.55. The first-order valence-electron chi connectivity index (χ1n) is 6.71. The minimum absolute atomic E-state index is 0.0266. The molecular formula is C15H20ClNOS. The second kappa shape index (κ2) is 7.20. The molecule has 0 spiro atoms. The predicted octanol–water partition coefficient (Wildman–Crippen LogP) is 3.83. The highest BCUT2D eigenvalue weighted by atomic mass is 35.5.